The van der Waals surface area contributed by atoms with E-state index in [0.717, 1.165) is 31.7 Å². The van der Waals surface area contributed by atoms with Crippen LogP contribution < -0.4 is 5.56 Å². The average Bonchev–Trinajstić information content (AvgIpc) is 3.18. The van der Waals surface area contributed by atoms with Crippen molar-refractivity contribution in [2.24, 2.45) is 5.92 Å². The standard InChI is InChI=1S/C19H29N3O/c23-19-12-16-8-4-10-18(16)20-22(19)14-17-9-5-11-21(17)13-15-6-2-1-3-7-15/h12,15,17H,1-11,13-14H2. The normalized spacial score (nSPS) is 25.8. The lowest BCUT2D eigenvalue weighted by Crippen LogP contribution is -2.40. The highest BCUT2D eigenvalue weighted by molar-refractivity contribution is 5.22. The molecule has 4 rings (SSSR count). The van der Waals surface area contributed by atoms with Gasteiger partial charge in [-0.05, 0) is 63.0 Å². The second-order valence-electron chi connectivity index (χ2n) is 7.79. The summed E-state index contributed by atoms with van der Waals surface area (Å²) in [6.45, 7) is 3.24. The maximum absolute atomic E-state index is 12.3. The van der Waals surface area contributed by atoms with Crippen LogP contribution in [0, 0.1) is 5.92 Å². The molecule has 23 heavy (non-hydrogen) atoms. The molecule has 126 valence electrons. The first-order valence-electron chi connectivity index (χ1n) is 9.63. The molecule has 4 nitrogen and oxygen atoms in total. The summed E-state index contributed by atoms with van der Waals surface area (Å²) in [5, 5.41) is 4.68. The van der Waals surface area contributed by atoms with Gasteiger partial charge in [0.05, 0.1) is 12.2 Å². The Bertz CT molecular complexity index is 603. The van der Waals surface area contributed by atoms with Crippen molar-refractivity contribution in [3.8, 4) is 0 Å². The first-order valence-corrected chi connectivity index (χ1v) is 9.63. The van der Waals surface area contributed by atoms with E-state index in [1.54, 1.807) is 4.68 Å². The van der Waals surface area contributed by atoms with Crippen molar-refractivity contribution in [2.75, 3.05) is 13.1 Å². The van der Waals surface area contributed by atoms with Gasteiger partial charge in [-0.1, -0.05) is 19.3 Å². The molecule has 0 radical (unpaired) electrons. The minimum Gasteiger partial charge on any atom is -0.298 e. The Morgan fingerprint density at radius 2 is 1.87 bits per heavy atom. The van der Waals surface area contributed by atoms with Gasteiger partial charge in [-0.3, -0.25) is 9.69 Å². The fourth-order valence-corrected chi connectivity index (χ4v) is 4.81. The van der Waals surface area contributed by atoms with E-state index >= 15 is 0 Å². The predicted octanol–water partition coefficient (Wildman–Crippen LogP) is 2.78. The average molecular weight is 315 g/mol. The summed E-state index contributed by atoms with van der Waals surface area (Å²) >= 11 is 0. The second-order valence-corrected chi connectivity index (χ2v) is 7.79. The van der Waals surface area contributed by atoms with Crippen molar-refractivity contribution in [2.45, 2.75) is 76.8 Å². The van der Waals surface area contributed by atoms with Crippen molar-refractivity contribution < 1.29 is 0 Å². The molecule has 0 spiro atoms. The van der Waals surface area contributed by atoms with E-state index in [9.17, 15) is 4.79 Å². The molecule has 1 saturated carbocycles. The molecule has 1 unspecified atom stereocenters. The molecule has 1 aromatic rings. The summed E-state index contributed by atoms with van der Waals surface area (Å²) in [5.74, 6) is 0.883. The molecule has 1 aromatic heterocycles. The van der Waals surface area contributed by atoms with Crippen LogP contribution in [0.25, 0.3) is 0 Å². The van der Waals surface area contributed by atoms with Crippen LogP contribution in [0.3, 0.4) is 0 Å². The van der Waals surface area contributed by atoms with Crippen LogP contribution in [0.4, 0.5) is 0 Å². The molecule has 0 bridgehead atoms. The van der Waals surface area contributed by atoms with Gasteiger partial charge < -0.3 is 0 Å². The fraction of sp³-hybridized carbons (Fsp3) is 0.789. The van der Waals surface area contributed by atoms with E-state index in [1.807, 2.05) is 6.07 Å². The first-order chi connectivity index (χ1) is 11.3. The zero-order chi connectivity index (χ0) is 15.6. The minimum atomic E-state index is 0.107. The number of hydrogen-bond acceptors (Lipinski definition) is 3. The molecule has 1 atom stereocenters. The van der Waals surface area contributed by atoms with Gasteiger partial charge >= 0.3 is 0 Å². The van der Waals surface area contributed by atoms with Crippen LogP contribution in [-0.2, 0) is 19.4 Å². The molecule has 2 heterocycles. The number of likely N-dealkylation sites (tertiary alicyclic amines) is 1. The van der Waals surface area contributed by atoms with Crippen LogP contribution in [0.15, 0.2) is 10.9 Å². The van der Waals surface area contributed by atoms with Gasteiger partial charge in [0.1, 0.15) is 0 Å². The van der Waals surface area contributed by atoms with E-state index in [2.05, 4.69) is 10.00 Å². The molecule has 1 saturated heterocycles. The van der Waals surface area contributed by atoms with E-state index in [-0.39, 0.29) is 5.56 Å². The zero-order valence-electron chi connectivity index (χ0n) is 14.2. The van der Waals surface area contributed by atoms with Crippen molar-refractivity contribution in [1.82, 2.24) is 14.7 Å². The molecular formula is C19H29N3O. The van der Waals surface area contributed by atoms with Crippen molar-refractivity contribution in [3.63, 3.8) is 0 Å². The van der Waals surface area contributed by atoms with E-state index in [1.165, 1.54) is 69.3 Å². The fourth-order valence-electron chi connectivity index (χ4n) is 4.81. The Labute approximate surface area is 138 Å². The number of fused-ring (bicyclic) bond motifs is 1. The molecule has 2 fully saturated rings. The molecular weight excluding hydrogens is 286 g/mol. The second kappa shape index (κ2) is 6.76. The van der Waals surface area contributed by atoms with Crippen molar-refractivity contribution >= 4 is 0 Å². The molecule has 0 aromatic carbocycles. The maximum Gasteiger partial charge on any atom is 0.267 e. The minimum absolute atomic E-state index is 0.107. The quantitative estimate of drug-likeness (QED) is 0.857. The predicted molar refractivity (Wildman–Crippen MR) is 91.7 cm³/mol. The summed E-state index contributed by atoms with van der Waals surface area (Å²) in [7, 11) is 0. The Morgan fingerprint density at radius 1 is 1.00 bits per heavy atom. The van der Waals surface area contributed by atoms with Crippen LogP contribution in [0.5, 0.6) is 0 Å². The third kappa shape index (κ3) is 3.37. The van der Waals surface area contributed by atoms with Gasteiger partial charge in [-0.25, -0.2) is 4.68 Å². The van der Waals surface area contributed by atoms with Gasteiger partial charge in [0.2, 0.25) is 0 Å². The molecule has 2 aliphatic carbocycles. The van der Waals surface area contributed by atoms with Gasteiger partial charge in [0, 0.05) is 18.7 Å². The number of hydrogen-bond donors (Lipinski definition) is 0. The summed E-state index contributed by atoms with van der Waals surface area (Å²) in [6.07, 6.45) is 12.8. The highest BCUT2D eigenvalue weighted by Gasteiger charge is 2.28. The third-order valence-corrected chi connectivity index (χ3v) is 6.12. The molecule has 4 heteroatoms. The summed E-state index contributed by atoms with van der Waals surface area (Å²) in [4.78, 5) is 15.0. The molecule has 1 aliphatic heterocycles. The summed E-state index contributed by atoms with van der Waals surface area (Å²) < 4.78 is 1.76. The highest BCUT2D eigenvalue weighted by Crippen LogP contribution is 2.28. The Morgan fingerprint density at radius 3 is 2.74 bits per heavy atom. The van der Waals surface area contributed by atoms with Crippen LogP contribution in [-0.4, -0.2) is 33.8 Å². The topological polar surface area (TPSA) is 38.1 Å². The first kappa shape index (κ1) is 15.4. The van der Waals surface area contributed by atoms with Gasteiger partial charge in [-0.15, -0.1) is 0 Å². The lowest BCUT2D eigenvalue weighted by atomic mass is 9.89. The van der Waals surface area contributed by atoms with Crippen LogP contribution in [0.1, 0.15) is 62.6 Å². The molecule has 0 N–H and O–H groups in total. The Hall–Kier alpha value is -1.16. The van der Waals surface area contributed by atoms with Gasteiger partial charge in [0.15, 0.2) is 0 Å². The van der Waals surface area contributed by atoms with Crippen molar-refractivity contribution in [3.05, 3.63) is 27.7 Å². The monoisotopic (exact) mass is 315 g/mol. The van der Waals surface area contributed by atoms with E-state index < -0.39 is 0 Å². The third-order valence-electron chi connectivity index (χ3n) is 6.12. The summed E-state index contributed by atoms with van der Waals surface area (Å²) in [6, 6.07) is 2.36. The number of nitrogens with zero attached hydrogens (tertiary/aromatic N) is 3. The van der Waals surface area contributed by atoms with Gasteiger partial charge in [0.25, 0.3) is 5.56 Å². The van der Waals surface area contributed by atoms with E-state index in [4.69, 9.17) is 0 Å². The van der Waals surface area contributed by atoms with Crippen LogP contribution >= 0.6 is 0 Å². The summed E-state index contributed by atoms with van der Waals surface area (Å²) in [5.41, 5.74) is 2.47. The molecule has 3 aliphatic rings. The van der Waals surface area contributed by atoms with Crippen molar-refractivity contribution in [1.29, 1.82) is 0 Å². The Balaban J connectivity index is 1.44. The van der Waals surface area contributed by atoms with Gasteiger partial charge in [-0.2, -0.15) is 5.10 Å². The smallest absolute Gasteiger partial charge is 0.267 e. The largest absolute Gasteiger partial charge is 0.298 e. The SMILES string of the molecule is O=c1cc2c(nn1CC1CCCN1CC1CCCCC1)CCC2. The highest BCUT2D eigenvalue weighted by atomic mass is 16.1. The number of aryl methyl sites for hydroxylation is 2. The zero-order valence-corrected chi connectivity index (χ0v) is 14.2. The lowest BCUT2D eigenvalue weighted by molar-refractivity contribution is 0.171. The Kier molecular flexibility index (Phi) is 4.52. The maximum atomic E-state index is 12.3. The number of rotatable bonds is 4. The van der Waals surface area contributed by atoms with E-state index in [0.29, 0.717) is 6.04 Å². The van der Waals surface area contributed by atoms with Crippen LogP contribution in [0.2, 0.25) is 0 Å². The number of aromatic nitrogens is 2. The molecule has 0 amide bonds. The lowest BCUT2D eigenvalue weighted by Gasteiger charge is -2.31.